The van der Waals surface area contributed by atoms with Crippen LogP contribution in [0.3, 0.4) is 0 Å². The molecule has 1 unspecified atom stereocenters. The van der Waals surface area contributed by atoms with E-state index in [0.29, 0.717) is 0 Å². The second kappa shape index (κ2) is 4.92. The SMILES string of the molecule is C1=COC(c2ccccc2)(N2CCNCC2)C=N1. The van der Waals surface area contributed by atoms with E-state index in [1.807, 2.05) is 24.4 Å². The summed E-state index contributed by atoms with van der Waals surface area (Å²) < 4.78 is 5.96. The average Bonchev–Trinajstić information content (AvgIpc) is 2.50. The van der Waals surface area contributed by atoms with Crippen LogP contribution >= 0.6 is 0 Å². The van der Waals surface area contributed by atoms with Crippen LogP contribution in [0.2, 0.25) is 0 Å². The van der Waals surface area contributed by atoms with Gasteiger partial charge < -0.3 is 10.1 Å². The normalized spacial score (nSPS) is 28.0. The van der Waals surface area contributed by atoms with E-state index in [4.69, 9.17) is 4.74 Å². The van der Waals surface area contributed by atoms with Gasteiger partial charge in [-0.15, -0.1) is 0 Å². The van der Waals surface area contributed by atoms with Gasteiger partial charge in [0.15, 0.2) is 0 Å². The molecule has 2 aliphatic rings. The Labute approximate surface area is 107 Å². The van der Waals surface area contributed by atoms with Crippen LogP contribution in [0.4, 0.5) is 0 Å². The van der Waals surface area contributed by atoms with Crippen molar-refractivity contribution in [3.8, 4) is 0 Å². The van der Waals surface area contributed by atoms with E-state index in [9.17, 15) is 0 Å². The largest absolute Gasteiger partial charge is 0.469 e. The fourth-order valence-electron chi connectivity index (χ4n) is 2.50. The first-order chi connectivity index (χ1) is 8.92. The molecular formula is C14H17N3O. The summed E-state index contributed by atoms with van der Waals surface area (Å²) in [5.74, 6) is 0. The molecule has 0 amide bonds. The van der Waals surface area contributed by atoms with Gasteiger partial charge in [0.2, 0.25) is 5.72 Å². The van der Waals surface area contributed by atoms with Gasteiger partial charge in [0.1, 0.15) is 6.26 Å². The summed E-state index contributed by atoms with van der Waals surface area (Å²) in [4.78, 5) is 6.61. The van der Waals surface area contributed by atoms with Crippen molar-refractivity contribution < 1.29 is 4.74 Å². The summed E-state index contributed by atoms with van der Waals surface area (Å²) in [5, 5.41) is 3.36. The van der Waals surface area contributed by atoms with E-state index >= 15 is 0 Å². The van der Waals surface area contributed by atoms with Crippen molar-refractivity contribution >= 4 is 6.21 Å². The molecule has 0 aliphatic carbocycles. The number of aliphatic imine (C=N–C) groups is 1. The zero-order chi connectivity index (χ0) is 12.3. The minimum atomic E-state index is -0.544. The molecule has 0 spiro atoms. The molecule has 3 rings (SSSR count). The van der Waals surface area contributed by atoms with Crippen LogP contribution in [-0.4, -0.2) is 37.3 Å². The molecule has 1 aromatic carbocycles. The van der Waals surface area contributed by atoms with Crippen molar-refractivity contribution in [2.75, 3.05) is 26.2 Å². The van der Waals surface area contributed by atoms with Crippen LogP contribution in [0.15, 0.2) is 47.8 Å². The topological polar surface area (TPSA) is 36.9 Å². The summed E-state index contributed by atoms with van der Waals surface area (Å²) in [6.45, 7) is 3.87. The molecule has 0 saturated carbocycles. The number of ether oxygens (including phenoxy) is 1. The fourth-order valence-corrected chi connectivity index (χ4v) is 2.50. The Morgan fingerprint density at radius 3 is 2.61 bits per heavy atom. The van der Waals surface area contributed by atoms with Crippen LogP contribution in [0, 0.1) is 0 Å². The zero-order valence-electron chi connectivity index (χ0n) is 10.2. The first-order valence-corrected chi connectivity index (χ1v) is 6.30. The molecule has 1 aromatic rings. The lowest BCUT2D eigenvalue weighted by molar-refractivity contribution is -0.0698. The highest BCUT2D eigenvalue weighted by Gasteiger charge is 2.40. The molecule has 4 nitrogen and oxygen atoms in total. The monoisotopic (exact) mass is 243 g/mol. The third-order valence-electron chi connectivity index (χ3n) is 3.42. The van der Waals surface area contributed by atoms with Gasteiger partial charge in [-0.2, -0.15) is 0 Å². The van der Waals surface area contributed by atoms with E-state index in [1.54, 1.807) is 12.5 Å². The molecule has 2 heterocycles. The predicted molar refractivity (Wildman–Crippen MR) is 71.3 cm³/mol. The van der Waals surface area contributed by atoms with E-state index in [2.05, 4.69) is 27.3 Å². The average molecular weight is 243 g/mol. The molecule has 0 radical (unpaired) electrons. The van der Waals surface area contributed by atoms with Gasteiger partial charge in [-0.05, 0) is 0 Å². The van der Waals surface area contributed by atoms with Crippen molar-refractivity contribution in [3.63, 3.8) is 0 Å². The Morgan fingerprint density at radius 1 is 1.17 bits per heavy atom. The van der Waals surface area contributed by atoms with Crippen molar-refractivity contribution in [3.05, 3.63) is 48.4 Å². The van der Waals surface area contributed by atoms with E-state index in [1.165, 1.54) is 0 Å². The molecule has 0 aromatic heterocycles. The predicted octanol–water partition coefficient (Wildman–Crippen LogP) is 1.32. The summed E-state index contributed by atoms with van der Waals surface area (Å²) in [7, 11) is 0. The Hall–Kier alpha value is -1.65. The van der Waals surface area contributed by atoms with Crippen LogP contribution in [0.25, 0.3) is 0 Å². The quantitative estimate of drug-likeness (QED) is 0.851. The van der Waals surface area contributed by atoms with Gasteiger partial charge in [-0.1, -0.05) is 30.3 Å². The van der Waals surface area contributed by atoms with Gasteiger partial charge >= 0.3 is 0 Å². The van der Waals surface area contributed by atoms with E-state index < -0.39 is 5.72 Å². The molecule has 94 valence electrons. The van der Waals surface area contributed by atoms with E-state index in [-0.39, 0.29) is 0 Å². The number of hydrogen-bond acceptors (Lipinski definition) is 4. The van der Waals surface area contributed by atoms with Crippen molar-refractivity contribution in [2.24, 2.45) is 4.99 Å². The third kappa shape index (κ3) is 1.94. The molecule has 18 heavy (non-hydrogen) atoms. The smallest absolute Gasteiger partial charge is 0.225 e. The number of rotatable bonds is 2. The third-order valence-corrected chi connectivity index (χ3v) is 3.42. The zero-order valence-corrected chi connectivity index (χ0v) is 10.2. The van der Waals surface area contributed by atoms with Crippen LogP contribution < -0.4 is 5.32 Å². The van der Waals surface area contributed by atoms with Crippen molar-refractivity contribution in [1.29, 1.82) is 0 Å². The number of piperazine rings is 1. The molecule has 2 aliphatic heterocycles. The first-order valence-electron chi connectivity index (χ1n) is 6.30. The highest BCUT2D eigenvalue weighted by Crippen LogP contribution is 2.30. The lowest BCUT2D eigenvalue weighted by Crippen LogP contribution is -2.56. The second-order valence-corrected chi connectivity index (χ2v) is 4.48. The van der Waals surface area contributed by atoms with Gasteiger partial charge in [-0.3, -0.25) is 9.89 Å². The van der Waals surface area contributed by atoms with Crippen molar-refractivity contribution in [1.82, 2.24) is 10.2 Å². The Morgan fingerprint density at radius 2 is 1.94 bits per heavy atom. The molecule has 1 atom stereocenters. The van der Waals surface area contributed by atoms with Crippen LogP contribution in [-0.2, 0) is 10.5 Å². The number of nitrogens with zero attached hydrogens (tertiary/aromatic N) is 2. The fraction of sp³-hybridized carbons (Fsp3) is 0.357. The molecule has 1 N–H and O–H groups in total. The molecular weight excluding hydrogens is 226 g/mol. The summed E-state index contributed by atoms with van der Waals surface area (Å²) in [5.41, 5.74) is 0.581. The highest BCUT2D eigenvalue weighted by atomic mass is 16.5. The van der Waals surface area contributed by atoms with Crippen LogP contribution in [0.5, 0.6) is 0 Å². The second-order valence-electron chi connectivity index (χ2n) is 4.48. The number of hydrogen-bond donors (Lipinski definition) is 1. The Bertz CT molecular complexity index is 451. The number of benzene rings is 1. The van der Waals surface area contributed by atoms with Crippen molar-refractivity contribution in [2.45, 2.75) is 5.72 Å². The molecule has 1 fully saturated rings. The van der Waals surface area contributed by atoms with Gasteiger partial charge in [0.25, 0.3) is 0 Å². The van der Waals surface area contributed by atoms with E-state index in [0.717, 1.165) is 31.7 Å². The Balaban J connectivity index is 1.98. The first kappa shape index (κ1) is 11.4. The number of nitrogens with one attached hydrogen (secondary N) is 1. The molecule has 4 heteroatoms. The van der Waals surface area contributed by atoms with Gasteiger partial charge in [-0.25, -0.2) is 0 Å². The minimum Gasteiger partial charge on any atom is -0.469 e. The molecule has 0 bridgehead atoms. The summed E-state index contributed by atoms with van der Waals surface area (Å²) in [6.07, 6.45) is 5.26. The lowest BCUT2D eigenvalue weighted by Gasteiger charge is -2.43. The standard InChI is InChI=1S/C14H17N3O/c1-2-4-13(5-3-1)14(12-16-8-11-18-14)17-9-6-15-7-10-17/h1-5,8,11-12,15H,6-7,9-10H2. The lowest BCUT2D eigenvalue weighted by atomic mass is 10.0. The van der Waals surface area contributed by atoms with Crippen LogP contribution in [0.1, 0.15) is 5.56 Å². The molecule has 1 saturated heterocycles. The maximum absolute atomic E-state index is 5.96. The summed E-state index contributed by atoms with van der Waals surface area (Å²) in [6, 6.07) is 10.3. The maximum atomic E-state index is 5.96. The van der Waals surface area contributed by atoms with Gasteiger partial charge in [0, 0.05) is 31.7 Å². The maximum Gasteiger partial charge on any atom is 0.225 e. The highest BCUT2D eigenvalue weighted by molar-refractivity contribution is 5.72. The minimum absolute atomic E-state index is 0.544. The summed E-state index contributed by atoms with van der Waals surface area (Å²) >= 11 is 0. The Kier molecular flexibility index (Phi) is 3.13. The van der Waals surface area contributed by atoms with Gasteiger partial charge in [0.05, 0.1) is 12.4 Å².